The molecule has 2 aliphatic rings. The van der Waals surface area contributed by atoms with Gasteiger partial charge in [-0.05, 0) is 44.7 Å². The smallest absolute Gasteiger partial charge is 0.214 e. The van der Waals surface area contributed by atoms with Crippen molar-refractivity contribution in [3.63, 3.8) is 0 Å². The summed E-state index contributed by atoms with van der Waals surface area (Å²) in [6.45, 7) is 1.03. The summed E-state index contributed by atoms with van der Waals surface area (Å²) in [5.74, 6) is 2.38. The Morgan fingerprint density at radius 1 is 1.32 bits per heavy atom. The normalized spacial score (nSPS) is 30.3. The molecule has 0 aliphatic carbocycles. The van der Waals surface area contributed by atoms with Crippen LogP contribution in [0.4, 0.5) is 5.82 Å². The Hall–Kier alpha value is -1.29. The Morgan fingerprint density at radius 2 is 2.05 bits per heavy atom. The molecule has 2 atom stereocenters. The fourth-order valence-corrected chi connectivity index (χ4v) is 3.57. The molecule has 0 saturated carbocycles. The summed E-state index contributed by atoms with van der Waals surface area (Å²) in [6.07, 6.45) is 5.41. The number of anilines is 1. The number of hydrogen-bond donors (Lipinski definition) is 1. The van der Waals surface area contributed by atoms with Crippen LogP contribution in [0.2, 0.25) is 0 Å². The van der Waals surface area contributed by atoms with Crippen molar-refractivity contribution in [2.75, 3.05) is 26.0 Å². The fourth-order valence-electron chi connectivity index (χ4n) is 3.57. The molecule has 4 nitrogen and oxygen atoms in total. The minimum absolute atomic E-state index is 0.674. The highest BCUT2D eigenvalue weighted by Gasteiger charge is 2.38. The summed E-state index contributed by atoms with van der Waals surface area (Å²) in [6, 6.07) is 7.48. The standard InChI is InChI=1S/C15H23N3O/c1-18-12-6-7-13(18)9-11(8-12)10-16-14-4-3-5-15(17-14)19-2/h3-5,11-13H,6-10H2,1-2H3,(H,16,17). The van der Waals surface area contributed by atoms with E-state index in [1.807, 2.05) is 18.2 Å². The second kappa shape index (κ2) is 5.37. The Morgan fingerprint density at radius 3 is 2.74 bits per heavy atom. The molecule has 1 aromatic rings. The van der Waals surface area contributed by atoms with E-state index in [2.05, 4.69) is 22.2 Å². The van der Waals surface area contributed by atoms with E-state index in [1.165, 1.54) is 25.7 Å². The SMILES string of the molecule is COc1cccc(NCC2CC3CCC(C2)N3C)n1. The largest absolute Gasteiger partial charge is 0.481 e. The average Bonchev–Trinajstić information content (AvgIpc) is 2.68. The number of pyridine rings is 1. The first kappa shape index (κ1) is 12.7. The number of ether oxygens (including phenoxy) is 1. The van der Waals surface area contributed by atoms with E-state index in [9.17, 15) is 0 Å². The van der Waals surface area contributed by atoms with Crippen LogP contribution < -0.4 is 10.1 Å². The maximum absolute atomic E-state index is 5.15. The number of nitrogens with one attached hydrogen (secondary N) is 1. The van der Waals surface area contributed by atoms with E-state index in [0.717, 1.165) is 30.4 Å². The molecule has 0 aromatic carbocycles. The number of methoxy groups -OCH3 is 1. The van der Waals surface area contributed by atoms with Crippen molar-refractivity contribution < 1.29 is 4.74 Å². The van der Waals surface area contributed by atoms with Gasteiger partial charge in [0.2, 0.25) is 5.88 Å². The van der Waals surface area contributed by atoms with Gasteiger partial charge in [-0.1, -0.05) is 6.07 Å². The van der Waals surface area contributed by atoms with Crippen LogP contribution in [0.1, 0.15) is 25.7 Å². The van der Waals surface area contributed by atoms with Gasteiger partial charge in [0.25, 0.3) is 0 Å². The number of piperidine rings is 1. The van der Waals surface area contributed by atoms with Crippen molar-refractivity contribution in [3.8, 4) is 5.88 Å². The van der Waals surface area contributed by atoms with Crippen LogP contribution in [-0.4, -0.2) is 42.7 Å². The zero-order chi connectivity index (χ0) is 13.2. The molecular weight excluding hydrogens is 238 g/mol. The number of hydrogen-bond acceptors (Lipinski definition) is 4. The van der Waals surface area contributed by atoms with Crippen LogP contribution in [0.25, 0.3) is 0 Å². The Balaban J connectivity index is 1.55. The maximum atomic E-state index is 5.15. The third-order valence-electron chi connectivity index (χ3n) is 4.70. The molecule has 3 heterocycles. The summed E-state index contributed by atoms with van der Waals surface area (Å²) >= 11 is 0. The molecular formula is C15H23N3O. The van der Waals surface area contributed by atoms with Gasteiger partial charge in [-0.25, -0.2) is 0 Å². The highest BCUT2D eigenvalue weighted by molar-refractivity contribution is 5.37. The first-order valence-corrected chi connectivity index (χ1v) is 7.23. The van der Waals surface area contributed by atoms with E-state index in [4.69, 9.17) is 4.74 Å². The first-order valence-electron chi connectivity index (χ1n) is 7.23. The van der Waals surface area contributed by atoms with Crippen molar-refractivity contribution >= 4 is 5.82 Å². The zero-order valence-corrected chi connectivity index (χ0v) is 11.8. The Bertz CT molecular complexity index is 423. The number of nitrogens with zero attached hydrogens (tertiary/aromatic N) is 2. The van der Waals surface area contributed by atoms with E-state index in [-0.39, 0.29) is 0 Å². The third kappa shape index (κ3) is 2.68. The third-order valence-corrected chi connectivity index (χ3v) is 4.70. The summed E-state index contributed by atoms with van der Waals surface area (Å²) in [4.78, 5) is 6.98. The minimum Gasteiger partial charge on any atom is -0.481 e. The quantitative estimate of drug-likeness (QED) is 0.903. The van der Waals surface area contributed by atoms with Gasteiger partial charge >= 0.3 is 0 Å². The molecule has 1 aromatic heterocycles. The van der Waals surface area contributed by atoms with E-state index < -0.39 is 0 Å². The molecule has 2 unspecified atom stereocenters. The van der Waals surface area contributed by atoms with Crippen LogP contribution in [0.15, 0.2) is 18.2 Å². The molecule has 2 fully saturated rings. The van der Waals surface area contributed by atoms with E-state index in [1.54, 1.807) is 7.11 Å². The predicted molar refractivity (Wildman–Crippen MR) is 76.6 cm³/mol. The maximum Gasteiger partial charge on any atom is 0.214 e. The lowest BCUT2D eigenvalue weighted by Gasteiger charge is -2.36. The molecule has 1 N–H and O–H groups in total. The lowest BCUT2D eigenvalue weighted by molar-refractivity contribution is 0.139. The van der Waals surface area contributed by atoms with Gasteiger partial charge in [0, 0.05) is 24.7 Å². The second-order valence-corrected chi connectivity index (χ2v) is 5.83. The lowest BCUT2D eigenvalue weighted by atomic mass is 9.91. The molecule has 2 aliphatic heterocycles. The van der Waals surface area contributed by atoms with Crippen molar-refractivity contribution in [1.29, 1.82) is 0 Å². The van der Waals surface area contributed by atoms with Crippen LogP contribution in [-0.2, 0) is 0 Å². The van der Waals surface area contributed by atoms with Gasteiger partial charge in [0.1, 0.15) is 5.82 Å². The van der Waals surface area contributed by atoms with Crippen LogP contribution in [0.5, 0.6) is 5.88 Å². The van der Waals surface area contributed by atoms with Gasteiger partial charge < -0.3 is 15.0 Å². The molecule has 19 heavy (non-hydrogen) atoms. The van der Waals surface area contributed by atoms with Gasteiger partial charge in [-0.15, -0.1) is 0 Å². The molecule has 0 amide bonds. The topological polar surface area (TPSA) is 37.4 Å². The molecule has 0 spiro atoms. The van der Waals surface area contributed by atoms with Crippen molar-refractivity contribution in [3.05, 3.63) is 18.2 Å². The number of aromatic nitrogens is 1. The molecule has 3 rings (SSSR count). The number of fused-ring (bicyclic) bond motifs is 2. The van der Waals surface area contributed by atoms with Crippen LogP contribution >= 0.6 is 0 Å². The monoisotopic (exact) mass is 261 g/mol. The Kier molecular flexibility index (Phi) is 3.60. The highest BCUT2D eigenvalue weighted by Crippen LogP contribution is 2.37. The van der Waals surface area contributed by atoms with E-state index in [0.29, 0.717) is 5.88 Å². The summed E-state index contributed by atoms with van der Waals surface area (Å²) in [5, 5.41) is 3.46. The summed E-state index contributed by atoms with van der Waals surface area (Å²) in [7, 11) is 3.94. The zero-order valence-electron chi connectivity index (χ0n) is 11.8. The van der Waals surface area contributed by atoms with Gasteiger partial charge in [0.15, 0.2) is 0 Å². The van der Waals surface area contributed by atoms with Gasteiger partial charge in [0.05, 0.1) is 7.11 Å². The number of rotatable bonds is 4. The van der Waals surface area contributed by atoms with Crippen molar-refractivity contribution in [2.24, 2.45) is 5.92 Å². The van der Waals surface area contributed by atoms with Crippen LogP contribution in [0, 0.1) is 5.92 Å². The van der Waals surface area contributed by atoms with Crippen LogP contribution in [0.3, 0.4) is 0 Å². The van der Waals surface area contributed by atoms with Crippen molar-refractivity contribution in [2.45, 2.75) is 37.8 Å². The summed E-state index contributed by atoms with van der Waals surface area (Å²) in [5.41, 5.74) is 0. The predicted octanol–water partition coefficient (Wildman–Crippen LogP) is 2.37. The van der Waals surface area contributed by atoms with Gasteiger partial charge in [-0.2, -0.15) is 4.98 Å². The molecule has 104 valence electrons. The molecule has 2 bridgehead atoms. The first-order chi connectivity index (χ1) is 9.26. The van der Waals surface area contributed by atoms with Gasteiger partial charge in [-0.3, -0.25) is 0 Å². The van der Waals surface area contributed by atoms with E-state index >= 15 is 0 Å². The van der Waals surface area contributed by atoms with Crippen molar-refractivity contribution in [1.82, 2.24) is 9.88 Å². The molecule has 4 heteroatoms. The fraction of sp³-hybridized carbons (Fsp3) is 0.667. The average molecular weight is 261 g/mol. The molecule has 2 saturated heterocycles. The molecule has 0 radical (unpaired) electrons. The Labute approximate surface area is 115 Å². The highest BCUT2D eigenvalue weighted by atomic mass is 16.5. The summed E-state index contributed by atoms with van der Waals surface area (Å²) < 4.78 is 5.15. The second-order valence-electron chi connectivity index (χ2n) is 5.83. The lowest BCUT2D eigenvalue weighted by Crippen LogP contribution is -2.41. The minimum atomic E-state index is 0.674.